The van der Waals surface area contributed by atoms with Crippen molar-refractivity contribution in [1.82, 2.24) is 10.6 Å². The Balaban J connectivity index is 1.64. The number of aryl methyl sites for hydroxylation is 1. The van der Waals surface area contributed by atoms with E-state index >= 15 is 0 Å². The molecule has 196 valence electrons. The van der Waals surface area contributed by atoms with Gasteiger partial charge in [0.15, 0.2) is 0 Å². The van der Waals surface area contributed by atoms with E-state index in [0.29, 0.717) is 12.5 Å². The maximum atomic E-state index is 13.4. The van der Waals surface area contributed by atoms with E-state index in [9.17, 15) is 9.59 Å². The second-order valence-corrected chi connectivity index (χ2v) is 10.2. The van der Waals surface area contributed by atoms with Crippen molar-refractivity contribution in [3.05, 3.63) is 71.8 Å². The number of benzene rings is 2. The molecule has 0 bridgehead atoms. The van der Waals surface area contributed by atoms with Crippen LogP contribution in [-0.2, 0) is 22.4 Å². The van der Waals surface area contributed by atoms with Crippen LogP contribution in [0.3, 0.4) is 0 Å². The highest BCUT2D eigenvalue weighted by molar-refractivity contribution is 5.83. The van der Waals surface area contributed by atoms with E-state index in [4.69, 9.17) is 11.5 Å². The molecule has 0 spiro atoms. The van der Waals surface area contributed by atoms with Crippen LogP contribution in [0, 0.1) is 11.8 Å². The molecule has 1 fully saturated rings. The quantitative estimate of drug-likeness (QED) is 0.284. The van der Waals surface area contributed by atoms with Gasteiger partial charge in [-0.3, -0.25) is 9.59 Å². The lowest BCUT2D eigenvalue weighted by Crippen LogP contribution is -2.53. The Morgan fingerprint density at radius 1 is 0.889 bits per heavy atom. The summed E-state index contributed by atoms with van der Waals surface area (Å²) < 4.78 is 0. The summed E-state index contributed by atoms with van der Waals surface area (Å²) in [6, 6.07) is 20.7. The van der Waals surface area contributed by atoms with E-state index in [0.717, 1.165) is 70.8 Å². The Labute approximate surface area is 216 Å². The Bertz CT molecular complexity index is 906. The van der Waals surface area contributed by atoms with Gasteiger partial charge >= 0.3 is 0 Å². The number of nitrogens with one attached hydrogen (secondary N) is 2. The highest BCUT2D eigenvalue weighted by Gasteiger charge is 2.32. The van der Waals surface area contributed by atoms with Gasteiger partial charge in [-0.15, -0.1) is 0 Å². The number of unbranched alkanes of at least 4 members (excludes halogenated alkanes) is 1. The third kappa shape index (κ3) is 9.40. The van der Waals surface area contributed by atoms with E-state index in [1.807, 2.05) is 12.1 Å². The molecule has 1 aliphatic rings. The molecule has 6 N–H and O–H groups in total. The molecule has 0 saturated heterocycles. The lowest BCUT2D eigenvalue weighted by atomic mass is 9.84. The third-order valence-corrected chi connectivity index (χ3v) is 7.43. The number of hydrogen-bond donors (Lipinski definition) is 4. The first kappa shape index (κ1) is 27.9. The molecule has 1 aliphatic carbocycles. The van der Waals surface area contributed by atoms with Crippen LogP contribution in [0.4, 0.5) is 0 Å². The van der Waals surface area contributed by atoms with Crippen molar-refractivity contribution < 1.29 is 9.59 Å². The Morgan fingerprint density at radius 3 is 2.22 bits per heavy atom. The topological polar surface area (TPSA) is 110 Å². The number of amides is 2. The smallest absolute Gasteiger partial charge is 0.237 e. The fraction of sp³-hybridized carbons (Fsp3) is 0.533. The molecule has 2 amide bonds. The summed E-state index contributed by atoms with van der Waals surface area (Å²) in [6.45, 7) is 1.38. The minimum atomic E-state index is -0.309. The maximum absolute atomic E-state index is 13.4. The third-order valence-electron chi connectivity index (χ3n) is 7.43. The highest BCUT2D eigenvalue weighted by atomic mass is 16.2. The van der Waals surface area contributed by atoms with Gasteiger partial charge in [-0.2, -0.15) is 0 Å². The molecular formula is C30H44N4O2. The second-order valence-electron chi connectivity index (χ2n) is 10.2. The summed E-state index contributed by atoms with van der Waals surface area (Å²) in [5, 5.41) is 6.77. The average Bonchev–Trinajstić information content (AvgIpc) is 2.90. The molecule has 4 atom stereocenters. The van der Waals surface area contributed by atoms with Crippen LogP contribution in [0.5, 0.6) is 0 Å². The van der Waals surface area contributed by atoms with Crippen molar-refractivity contribution >= 4 is 11.8 Å². The van der Waals surface area contributed by atoms with Gasteiger partial charge in [0.05, 0.1) is 12.0 Å². The highest BCUT2D eigenvalue weighted by Crippen LogP contribution is 2.24. The van der Waals surface area contributed by atoms with E-state index in [2.05, 4.69) is 59.2 Å². The molecular weight excluding hydrogens is 448 g/mol. The lowest BCUT2D eigenvalue weighted by molar-refractivity contribution is -0.127. The van der Waals surface area contributed by atoms with Gasteiger partial charge in [-0.25, -0.2) is 0 Å². The molecule has 3 rings (SSSR count). The molecule has 2 aromatic carbocycles. The zero-order valence-corrected chi connectivity index (χ0v) is 21.5. The van der Waals surface area contributed by atoms with Gasteiger partial charge in [-0.1, -0.05) is 79.9 Å². The van der Waals surface area contributed by atoms with Crippen molar-refractivity contribution in [3.8, 4) is 0 Å². The van der Waals surface area contributed by atoms with Crippen molar-refractivity contribution in [2.75, 3.05) is 13.1 Å². The average molecular weight is 493 g/mol. The molecule has 1 saturated carbocycles. The lowest BCUT2D eigenvalue weighted by Gasteiger charge is -2.32. The first-order chi connectivity index (χ1) is 17.6. The monoisotopic (exact) mass is 492 g/mol. The van der Waals surface area contributed by atoms with Gasteiger partial charge in [0.25, 0.3) is 0 Å². The van der Waals surface area contributed by atoms with Gasteiger partial charge < -0.3 is 22.1 Å². The summed E-state index contributed by atoms with van der Waals surface area (Å²) in [6.07, 6.45) is 9.07. The van der Waals surface area contributed by atoms with Crippen molar-refractivity contribution in [2.45, 2.75) is 76.3 Å². The van der Waals surface area contributed by atoms with Crippen LogP contribution in [0.1, 0.15) is 62.5 Å². The van der Waals surface area contributed by atoms with E-state index in [1.165, 1.54) is 11.1 Å². The maximum Gasteiger partial charge on any atom is 0.237 e. The van der Waals surface area contributed by atoms with Gasteiger partial charge in [0.1, 0.15) is 0 Å². The van der Waals surface area contributed by atoms with Crippen LogP contribution >= 0.6 is 0 Å². The van der Waals surface area contributed by atoms with Gasteiger partial charge in [0.2, 0.25) is 11.8 Å². The first-order valence-corrected chi connectivity index (χ1v) is 13.7. The molecule has 0 radical (unpaired) electrons. The molecule has 6 nitrogen and oxygen atoms in total. The van der Waals surface area contributed by atoms with Crippen molar-refractivity contribution in [1.29, 1.82) is 0 Å². The molecule has 4 unspecified atom stereocenters. The van der Waals surface area contributed by atoms with Crippen molar-refractivity contribution in [3.63, 3.8) is 0 Å². The molecule has 36 heavy (non-hydrogen) atoms. The van der Waals surface area contributed by atoms with E-state index in [1.54, 1.807) is 0 Å². The van der Waals surface area contributed by atoms with Crippen LogP contribution in [0.15, 0.2) is 60.7 Å². The Kier molecular flexibility index (Phi) is 11.9. The molecule has 2 aromatic rings. The second kappa shape index (κ2) is 15.4. The number of rotatable bonds is 15. The summed E-state index contributed by atoms with van der Waals surface area (Å²) in [4.78, 5) is 25.3. The first-order valence-electron chi connectivity index (χ1n) is 13.7. The SMILES string of the molecule is NCCCCC(NCC(CCc1ccccc1)Cc1ccccc1)C(=O)NC1CCCCC1C(N)=O. The fourth-order valence-electron chi connectivity index (χ4n) is 5.29. The summed E-state index contributed by atoms with van der Waals surface area (Å²) in [7, 11) is 0. The largest absolute Gasteiger partial charge is 0.369 e. The summed E-state index contributed by atoms with van der Waals surface area (Å²) in [5.74, 6) is -0.210. The Hall–Kier alpha value is -2.70. The fourth-order valence-corrected chi connectivity index (χ4v) is 5.29. The standard InChI is InChI=1S/C30H44N4O2/c31-20-10-9-17-28(30(36)34-27-16-8-7-15-26(27)29(32)35)33-22-25(21-24-13-5-2-6-14-24)19-18-23-11-3-1-4-12-23/h1-6,11-14,25-28,33H,7-10,15-22,31H2,(H2,32,35)(H,34,36). The summed E-state index contributed by atoms with van der Waals surface area (Å²) >= 11 is 0. The predicted molar refractivity (Wildman–Crippen MR) is 146 cm³/mol. The van der Waals surface area contributed by atoms with Crippen LogP contribution < -0.4 is 22.1 Å². The number of primary amides is 1. The van der Waals surface area contributed by atoms with Gasteiger partial charge in [0, 0.05) is 6.04 Å². The van der Waals surface area contributed by atoms with Crippen LogP contribution in [-0.4, -0.2) is 37.0 Å². The normalized spacial score (nSPS) is 19.4. The van der Waals surface area contributed by atoms with Gasteiger partial charge in [-0.05, 0) is 75.1 Å². The minimum Gasteiger partial charge on any atom is -0.369 e. The van der Waals surface area contributed by atoms with Crippen LogP contribution in [0.25, 0.3) is 0 Å². The number of nitrogens with two attached hydrogens (primary N) is 2. The van der Waals surface area contributed by atoms with E-state index < -0.39 is 0 Å². The Morgan fingerprint density at radius 2 is 1.56 bits per heavy atom. The predicted octanol–water partition coefficient (Wildman–Crippen LogP) is 3.73. The molecule has 6 heteroatoms. The van der Waals surface area contributed by atoms with Crippen molar-refractivity contribution in [2.24, 2.45) is 23.3 Å². The zero-order chi connectivity index (χ0) is 25.6. The minimum absolute atomic E-state index is 0.0216. The van der Waals surface area contributed by atoms with Crippen LogP contribution in [0.2, 0.25) is 0 Å². The molecule has 0 heterocycles. The number of carbonyl (C=O) groups is 2. The zero-order valence-electron chi connectivity index (χ0n) is 21.5. The number of hydrogen-bond acceptors (Lipinski definition) is 4. The molecule has 0 aromatic heterocycles. The molecule has 0 aliphatic heterocycles. The van der Waals surface area contributed by atoms with E-state index in [-0.39, 0.29) is 29.8 Å². The summed E-state index contributed by atoms with van der Waals surface area (Å²) in [5.41, 5.74) is 14.0. The number of carbonyl (C=O) groups excluding carboxylic acids is 2.